The number of benzene rings is 1. The van der Waals surface area contributed by atoms with Gasteiger partial charge in [0.15, 0.2) is 0 Å². The van der Waals surface area contributed by atoms with Crippen LogP contribution in [0.2, 0.25) is 25.7 Å². The van der Waals surface area contributed by atoms with Crippen LogP contribution >= 0.6 is 0 Å². The molecule has 0 aromatic heterocycles. The van der Waals surface area contributed by atoms with Gasteiger partial charge in [0.2, 0.25) is 0 Å². The van der Waals surface area contributed by atoms with Gasteiger partial charge in [0.05, 0.1) is 6.61 Å². The predicted molar refractivity (Wildman–Crippen MR) is 149 cm³/mol. The summed E-state index contributed by atoms with van der Waals surface area (Å²) in [6.45, 7) is 10.8. The maximum absolute atomic E-state index is 11.9. The monoisotopic (exact) mass is 483 g/mol. The van der Waals surface area contributed by atoms with Gasteiger partial charge in [0, 0.05) is 72.4 Å². The molecule has 0 saturated carbocycles. The van der Waals surface area contributed by atoms with E-state index in [4.69, 9.17) is 17.6 Å². The summed E-state index contributed by atoms with van der Waals surface area (Å²) in [6, 6.07) is 7.67. The fourth-order valence-electron chi connectivity index (χ4n) is 3.39. The largest absolute Gasteiger partial charge is 0.466 e. The Morgan fingerprint density at radius 3 is 2.09 bits per heavy atom. The molecule has 6 heteroatoms. The van der Waals surface area contributed by atoms with Crippen LogP contribution < -0.4 is 15.1 Å². The van der Waals surface area contributed by atoms with E-state index in [-0.39, 0.29) is 5.97 Å². The van der Waals surface area contributed by atoms with Crippen LogP contribution in [0.3, 0.4) is 0 Å². The second kappa shape index (κ2) is 16.3. The van der Waals surface area contributed by atoms with Gasteiger partial charge in [-0.1, -0.05) is 26.1 Å². The average Bonchev–Trinajstić information content (AvgIpc) is 2.79. The Hall–Kier alpha value is -2.41. The molecule has 5 nitrogen and oxygen atoms in total. The molecule has 0 bridgehead atoms. The summed E-state index contributed by atoms with van der Waals surface area (Å²) < 4.78 is 5.36. The van der Waals surface area contributed by atoms with Crippen molar-refractivity contribution in [3.63, 3.8) is 0 Å². The summed E-state index contributed by atoms with van der Waals surface area (Å²) in [6.07, 6.45) is 15.8. The van der Waals surface area contributed by atoms with Crippen molar-refractivity contribution in [1.29, 1.82) is 0 Å². The van der Waals surface area contributed by atoms with Crippen molar-refractivity contribution in [2.45, 2.75) is 70.8 Å². The Morgan fingerprint density at radius 2 is 1.56 bits per heavy atom. The highest BCUT2D eigenvalue weighted by Gasteiger charge is 2.13. The van der Waals surface area contributed by atoms with E-state index in [0.717, 1.165) is 62.9 Å². The molecular weight excluding hydrogens is 438 g/mol. The third kappa shape index (κ3) is 13.3. The minimum Gasteiger partial charge on any atom is -0.466 e. The minimum atomic E-state index is -1.14. The molecule has 0 amide bonds. The van der Waals surface area contributed by atoms with E-state index in [2.05, 4.69) is 78.9 Å². The van der Waals surface area contributed by atoms with Crippen LogP contribution in [0.1, 0.15) is 44.1 Å². The van der Waals surface area contributed by atoms with E-state index < -0.39 is 8.07 Å². The van der Waals surface area contributed by atoms with Gasteiger partial charge in [-0.3, -0.25) is 4.79 Å². The lowest BCUT2D eigenvalue weighted by Crippen LogP contribution is -2.22. The molecule has 1 aromatic rings. The van der Waals surface area contributed by atoms with Crippen LogP contribution in [-0.2, 0) is 16.1 Å². The zero-order valence-electron chi connectivity index (χ0n) is 22.1. The van der Waals surface area contributed by atoms with Crippen LogP contribution in [0.4, 0.5) is 11.4 Å². The van der Waals surface area contributed by atoms with E-state index in [1.165, 1.54) is 5.56 Å². The molecule has 1 aromatic carbocycles. The number of carbonyl (C=O) groups excluding carboxylic acids is 1. The van der Waals surface area contributed by atoms with Gasteiger partial charge in [0.1, 0.15) is 0 Å². The van der Waals surface area contributed by atoms with Gasteiger partial charge in [-0.2, -0.15) is 0 Å². The van der Waals surface area contributed by atoms with Crippen LogP contribution in [0.5, 0.6) is 0 Å². The Morgan fingerprint density at radius 1 is 0.971 bits per heavy atom. The molecular formula is C28H45N3O2Si. The number of hydrogen-bond donors (Lipinski definition) is 1. The second-order valence-electron chi connectivity index (χ2n) is 10.1. The molecule has 0 unspecified atom stereocenters. The Kier molecular flexibility index (Phi) is 14.2. The number of hydrogen-bond acceptors (Lipinski definition) is 5. The first-order valence-corrected chi connectivity index (χ1v) is 16.2. The normalized spacial score (nSPS) is 10.9. The van der Waals surface area contributed by atoms with Crippen molar-refractivity contribution < 1.29 is 9.53 Å². The van der Waals surface area contributed by atoms with Crippen molar-refractivity contribution in [2.75, 3.05) is 50.1 Å². The van der Waals surface area contributed by atoms with Crippen molar-refractivity contribution in [3.05, 3.63) is 23.8 Å². The van der Waals surface area contributed by atoms with E-state index in [0.29, 0.717) is 25.9 Å². The molecule has 0 fully saturated rings. The molecule has 0 saturated heterocycles. The van der Waals surface area contributed by atoms with Crippen LogP contribution in [0.15, 0.2) is 18.2 Å². The van der Waals surface area contributed by atoms with Crippen molar-refractivity contribution in [1.82, 2.24) is 5.32 Å². The first kappa shape index (κ1) is 29.6. The van der Waals surface area contributed by atoms with E-state index in [9.17, 15) is 4.79 Å². The van der Waals surface area contributed by atoms with Crippen molar-refractivity contribution >= 4 is 25.4 Å². The van der Waals surface area contributed by atoms with E-state index in [1.54, 1.807) is 0 Å². The van der Waals surface area contributed by atoms with E-state index >= 15 is 0 Å². The summed E-state index contributed by atoms with van der Waals surface area (Å²) >= 11 is 0. The zero-order chi connectivity index (χ0) is 25.4. The minimum absolute atomic E-state index is 0.0570. The van der Waals surface area contributed by atoms with Crippen molar-refractivity contribution in [3.8, 4) is 24.7 Å². The second-order valence-corrected chi connectivity index (χ2v) is 15.7. The van der Waals surface area contributed by atoms with Crippen LogP contribution in [0.25, 0.3) is 0 Å². The molecule has 0 atom stereocenters. The first-order valence-electron chi connectivity index (χ1n) is 12.5. The van der Waals surface area contributed by atoms with Gasteiger partial charge >= 0.3 is 5.97 Å². The Bertz CT molecular complexity index is 778. The summed E-state index contributed by atoms with van der Waals surface area (Å²) in [7, 11) is 3.01. The molecule has 34 heavy (non-hydrogen) atoms. The Labute approximate surface area is 209 Å². The fraction of sp³-hybridized carbons (Fsp3) is 0.607. The third-order valence-electron chi connectivity index (χ3n) is 5.71. The predicted octanol–water partition coefficient (Wildman–Crippen LogP) is 5.14. The van der Waals surface area contributed by atoms with E-state index in [1.807, 2.05) is 0 Å². The standard InChI is InChI=1S/C28H45N3O2Si/c1-8-10-17-30(3)26-21-25(22-27(23-26)31(4)18-11-9-2)24-29-16-14-12-13-15-28(32)33-19-20-34(5,6)7/h1-2,21-23,29H,10-20,24H2,3-7H3. The van der Waals surface area contributed by atoms with Gasteiger partial charge in [-0.15, -0.1) is 24.7 Å². The SMILES string of the molecule is C#CCCN(C)c1cc(CNCCCCCC(=O)OCC[Si](C)(C)C)cc(N(C)CCC#C)c1. The molecule has 0 aliphatic carbocycles. The number of nitrogens with one attached hydrogen (secondary N) is 1. The topological polar surface area (TPSA) is 44.8 Å². The Balaban J connectivity index is 2.47. The number of unbranched alkanes of at least 4 members (excludes halogenated alkanes) is 2. The highest BCUT2D eigenvalue weighted by molar-refractivity contribution is 6.76. The molecule has 0 spiro atoms. The zero-order valence-corrected chi connectivity index (χ0v) is 23.1. The first-order chi connectivity index (χ1) is 16.2. The van der Waals surface area contributed by atoms with Gasteiger partial charge in [-0.05, 0) is 49.2 Å². The maximum atomic E-state index is 11.9. The maximum Gasteiger partial charge on any atom is 0.305 e. The number of terminal acetylenes is 2. The molecule has 0 heterocycles. The quantitative estimate of drug-likeness (QED) is 0.144. The molecule has 0 aliphatic rings. The lowest BCUT2D eigenvalue weighted by atomic mass is 10.1. The highest BCUT2D eigenvalue weighted by Crippen LogP contribution is 2.24. The number of anilines is 2. The summed E-state index contributed by atoms with van der Waals surface area (Å²) in [5.41, 5.74) is 3.55. The lowest BCUT2D eigenvalue weighted by Gasteiger charge is -2.24. The van der Waals surface area contributed by atoms with Crippen LogP contribution in [0, 0.1) is 24.7 Å². The van der Waals surface area contributed by atoms with Gasteiger partial charge in [0.25, 0.3) is 0 Å². The highest BCUT2D eigenvalue weighted by atomic mass is 28.3. The number of esters is 1. The molecule has 188 valence electrons. The summed E-state index contributed by atoms with van der Waals surface area (Å²) in [4.78, 5) is 16.3. The van der Waals surface area contributed by atoms with Gasteiger partial charge < -0.3 is 19.9 Å². The third-order valence-corrected chi connectivity index (χ3v) is 7.41. The number of ether oxygens (including phenoxy) is 1. The smallest absolute Gasteiger partial charge is 0.305 e. The number of carbonyl (C=O) groups is 1. The number of nitrogens with zero attached hydrogens (tertiary/aromatic N) is 2. The van der Waals surface area contributed by atoms with Crippen molar-refractivity contribution in [2.24, 2.45) is 0 Å². The molecule has 0 aliphatic heterocycles. The molecule has 1 rings (SSSR count). The average molecular weight is 484 g/mol. The summed E-state index contributed by atoms with van der Waals surface area (Å²) in [5.74, 6) is 5.37. The van der Waals surface area contributed by atoms with Gasteiger partial charge in [-0.25, -0.2) is 0 Å². The van der Waals surface area contributed by atoms with Crippen LogP contribution in [-0.4, -0.2) is 54.4 Å². The lowest BCUT2D eigenvalue weighted by molar-refractivity contribution is -0.143. The number of rotatable bonds is 17. The summed E-state index contributed by atoms with van der Waals surface area (Å²) in [5, 5.41) is 3.55. The molecule has 0 radical (unpaired) electrons. The fourth-order valence-corrected chi connectivity index (χ4v) is 4.11. The molecule has 1 N–H and O–H groups in total.